The molecule has 1 aromatic rings. The molecule has 0 bridgehead atoms. The van der Waals surface area contributed by atoms with Crippen molar-refractivity contribution in [3.8, 4) is 0 Å². The topological polar surface area (TPSA) is 106 Å². The Kier molecular flexibility index (Phi) is 3.61. The van der Waals surface area contributed by atoms with Crippen LogP contribution in [-0.2, 0) is 0 Å². The van der Waals surface area contributed by atoms with Crippen molar-refractivity contribution >= 4 is 17.4 Å². The first-order valence-corrected chi connectivity index (χ1v) is 5.87. The van der Waals surface area contributed by atoms with Crippen LogP contribution in [-0.4, -0.2) is 58.8 Å². The molecule has 0 atom stereocenters. The van der Waals surface area contributed by atoms with Gasteiger partial charge in [-0.1, -0.05) is 0 Å². The summed E-state index contributed by atoms with van der Waals surface area (Å²) >= 11 is 0. The molecule has 0 spiro atoms. The number of nitro groups is 1. The van der Waals surface area contributed by atoms with Gasteiger partial charge < -0.3 is 15.5 Å². The first-order chi connectivity index (χ1) is 8.99. The second kappa shape index (κ2) is 5.19. The van der Waals surface area contributed by atoms with E-state index >= 15 is 0 Å². The summed E-state index contributed by atoms with van der Waals surface area (Å²) in [6, 6.07) is 1.26. The van der Waals surface area contributed by atoms with Crippen LogP contribution in [0, 0.1) is 10.1 Å². The Balaban J connectivity index is 2.27. The van der Waals surface area contributed by atoms with Crippen LogP contribution >= 0.6 is 0 Å². The van der Waals surface area contributed by atoms with Crippen LogP contribution < -0.4 is 5.73 Å². The molecule has 8 heteroatoms. The number of hydrogen-bond acceptors (Lipinski definition) is 6. The Bertz CT molecular complexity index is 511. The summed E-state index contributed by atoms with van der Waals surface area (Å²) in [6.07, 6.45) is 1.03. The molecule has 102 valence electrons. The van der Waals surface area contributed by atoms with Gasteiger partial charge in [0.05, 0.1) is 4.92 Å². The number of rotatable bonds is 2. The molecule has 1 saturated heterocycles. The number of carbonyl (C=O) groups excluding carboxylic acids is 1. The maximum atomic E-state index is 12.3. The van der Waals surface area contributed by atoms with Crippen LogP contribution in [0.15, 0.2) is 12.3 Å². The highest BCUT2D eigenvalue weighted by Crippen LogP contribution is 2.21. The molecule has 2 rings (SSSR count). The number of piperazine rings is 1. The lowest BCUT2D eigenvalue weighted by atomic mass is 10.1. The van der Waals surface area contributed by atoms with E-state index in [1.807, 2.05) is 7.05 Å². The van der Waals surface area contributed by atoms with Crippen molar-refractivity contribution in [3.05, 3.63) is 27.9 Å². The van der Waals surface area contributed by atoms with Crippen LogP contribution in [0.3, 0.4) is 0 Å². The number of nitrogens with two attached hydrogens (primary N) is 1. The fourth-order valence-electron chi connectivity index (χ4n) is 1.96. The molecule has 1 fully saturated rings. The monoisotopic (exact) mass is 265 g/mol. The quantitative estimate of drug-likeness (QED) is 0.594. The summed E-state index contributed by atoms with van der Waals surface area (Å²) < 4.78 is 0. The normalized spacial score (nSPS) is 16.4. The Morgan fingerprint density at radius 3 is 2.63 bits per heavy atom. The predicted octanol–water partition coefficient (Wildman–Crippen LogP) is -0.0404. The summed E-state index contributed by atoms with van der Waals surface area (Å²) in [5.41, 5.74) is 5.20. The average molecular weight is 265 g/mol. The van der Waals surface area contributed by atoms with Crippen LogP contribution in [0.1, 0.15) is 10.4 Å². The highest BCUT2D eigenvalue weighted by molar-refractivity contribution is 5.98. The lowest BCUT2D eigenvalue weighted by molar-refractivity contribution is -0.385. The van der Waals surface area contributed by atoms with E-state index in [0.29, 0.717) is 13.1 Å². The van der Waals surface area contributed by atoms with Gasteiger partial charge in [0.1, 0.15) is 17.6 Å². The fourth-order valence-corrected chi connectivity index (χ4v) is 1.96. The van der Waals surface area contributed by atoms with E-state index in [1.165, 1.54) is 6.07 Å². The van der Waals surface area contributed by atoms with Crippen LogP contribution in [0.4, 0.5) is 11.5 Å². The summed E-state index contributed by atoms with van der Waals surface area (Å²) in [7, 11) is 1.97. The highest BCUT2D eigenvalue weighted by Gasteiger charge is 2.27. The number of pyridine rings is 1. The van der Waals surface area contributed by atoms with Crippen molar-refractivity contribution in [1.82, 2.24) is 14.8 Å². The van der Waals surface area contributed by atoms with Gasteiger partial charge in [0.25, 0.3) is 11.6 Å². The summed E-state index contributed by atoms with van der Waals surface area (Å²) in [6.45, 7) is 2.60. The Labute approximate surface area is 110 Å². The SMILES string of the molecule is CN1CCN(C(=O)c2cc(N)ncc2[N+](=O)[O-])CC1. The first kappa shape index (κ1) is 13.2. The first-order valence-electron chi connectivity index (χ1n) is 5.87. The molecule has 2 heterocycles. The molecule has 0 radical (unpaired) electrons. The smallest absolute Gasteiger partial charge is 0.300 e. The summed E-state index contributed by atoms with van der Waals surface area (Å²) in [5, 5.41) is 10.9. The van der Waals surface area contributed by atoms with E-state index in [1.54, 1.807) is 4.90 Å². The molecule has 1 aromatic heterocycles. The van der Waals surface area contributed by atoms with Gasteiger partial charge in [0.2, 0.25) is 0 Å². The van der Waals surface area contributed by atoms with Gasteiger partial charge in [-0.25, -0.2) is 4.98 Å². The van der Waals surface area contributed by atoms with Crippen LogP contribution in [0.2, 0.25) is 0 Å². The Morgan fingerprint density at radius 2 is 2.05 bits per heavy atom. The molecular weight excluding hydrogens is 250 g/mol. The van der Waals surface area contributed by atoms with Crippen molar-refractivity contribution in [2.24, 2.45) is 0 Å². The van der Waals surface area contributed by atoms with Gasteiger partial charge in [-0.05, 0) is 13.1 Å². The number of anilines is 1. The lowest BCUT2D eigenvalue weighted by Gasteiger charge is -2.32. The number of hydrogen-bond donors (Lipinski definition) is 1. The molecule has 0 unspecified atom stereocenters. The van der Waals surface area contributed by atoms with Gasteiger partial charge in [0.15, 0.2) is 0 Å². The minimum atomic E-state index is -0.615. The highest BCUT2D eigenvalue weighted by atomic mass is 16.6. The van der Waals surface area contributed by atoms with Crippen molar-refractivity contribution in [3.63, 3.8) is 0 Å². The van der Waals surface area contributed by atoms with Gasteiger partial charge >= 0.3 is 0 Å². The lowest BCUT2D eigenvalue weighted by Crippen LogP contribution is -2.47. The zero-order valence-corrected chi connectivity index (χ0v) is 10.6. The number of aromatic nitrogens is 1. The molecular formula is C11H15N5O3. The maximum Gasteiger partial charge on any atom is 0.300 e. The standard InChI is InChI=1S/C11H15N5O3/c1-14-2-4-15(5-3-14)11(17)8-6-10(12)13-7-9(8)16(18)19/h6-7H,2-5H2,1H3,(H2,12,13). The molecule has 0 aliphatic carbocycles. The van der Waals surface area contributed by atoms with E-state index in [2.05, 4.69) is 9.88 Å². The van der Waals surface area contributed by atoms with Gasteiger partial charge in [0, 0.05) is 26.2 Å². The number of likely N-dealkylation sites (N-methyl/N-ethyl adjacent to an activating group) is 1. The largest absolute Gasteiger partial charge is 0.384 e. The van der Waals surface area contributed by atoms with Gasteiger partial charge in [-0.2, -0.15) is 0 Å². The zero-order valence-electron chi connectivity index (χ0n) is 10.6. The van der Waals surface area contributed by atoms with E-state index in [0.717, 1.165) is 19.3 Å². The zero-order chi connectivity index (χ0) is 14.0. The number of nitrogen functional groups attached to an aromatic ring is 1. The van der Waals surface area contributed by atoms with Crippen LogP contribution in [0.5, 0.6) is 0 Å². The molecule has 1 amide bonds. The minimum Gasteiger partial charge on any atom is -0.384 e. The van der Waals surface area contributed by atoms with E-state index < -0.39 is 4.92 Å². The van der Waals surface area contributed by atoms with Gasteiger partial charge in [-0.3, -0.25) is 14.9 Å². The Morgan fingerprint density at radius 1 is 1.42 bits per heavy atom. The molecule has 2 N–H and O–H groups in total. The second-order valence-electron chi connectivity index (χ2n) is 4.48. The summed E-state index contributed by atoms with van der Waals surface area (Å²) in [5.74, 6) is -0.267. The Hall–Kier alpha value is -2.22. The molecule has 0 saturated carbocycles. The predicted molar refractivity (Wildman–Crippen MR) is 68.7 cm³/mol. The third-order valence-corrected chi connectivity index (χ3v) is 3.12. The van der Waals surface area contributed by atoms with E-state index in [9.17, 15) is 14.9 Å². The molecule has 0 aromatic carbocycles. The number of amides is 1. The molecule has 1 aliphatic heterocycles. The third kappa shape index (κ3) is 2.79. The average Bonchev–Trinajstić information content (AvgIpc) is 2.38. The minimum absolute atomic E-state index is 0.00190. The fraction of sp³-hybridized carbons (Fsp3) is 0.455. The van der Waals surface area contributed by atoms with Gasteiger partial charge in [-0.15, -0.1) is 0 Å². The van der Waals surface area contributed by atoms with Crippen molar-refractivity contribution in [2.75, 3.05) is 39.0 Å². The third-order valence-electron chi connectivity index (χ3n) is 3.12. The molecule has 8 nitrogen and oxygen atoms in total. The number of nitrogens with zero attached hydrogens (tertiary/aromatic N) is 4. The van der Waals surface area contributed by atoms with E-state index in [4.69, 9.17) is 5.73 Å². The summed E-state index contributed by atoms with van der Waals surface area (Å²) in [4.78, 5) is 30.0. The van der Waals surface area contributed by atoms with Crippen molar-refractivity contribution < 1.29 is 9.72 Å². The van der Waals surface area contributed by atoms with Crippen LogP contribution in [0.25, 0.3) is 0 Å². The van der Waals surface area contributed by atoms with Crippen molar-refractivity contribution in [1.29, 1.82) is 0 Å². The van der Waals surface area contributed by atoms with E-state index in [-0.39, 0.29) is 23.0 Å². The molecule has 19 heavy (non-hydrogen) atoms. The molecule has 1 aliphatic rings. The second-order valence-corrected chi connectivity index (χ2v) is 4.48. The van der Waals surface area contributed by atoms with Crippen molar-refractivity contribution in [2.45, 2.75) is 0 Å². The maximum absolute atomic E-state index is 12.3. The number of carbonyl (C=O) groups is 1.